The van der Waals surface area contributed by atoms with E-state index in [1.807, 2.05) is 0 Å². The van der Waals surface area contributed by atoms with Gasteiger partial charge in [0.05, 0.1) is 18.3 Å². The van der Waals surface area contributed by atoms with E-state index in [0.717, 1.165) is 17.7 Å². The SMILES string of the molecule is NCCc1cnn(Cc2cccc(C(F)(F)F)c2)c1. The van der Waals surface area contributed by atoms with Gasteiger partial charge in [-0.3, -0.25) is 4.68 Å². The minimum absolute atomic E-state index is 0.314. The Labute approximate surface area is 108 Å². The van der Waals surface area contributed by atoms with Crippen molar-refractivity contribution in [2.75, 3.05) is 6.54 Å². The van der Waals surface area contributed by atoms with Gasteiger partial charge in [0, 0.05) is 6.20 Å². The average molecular weight is 269 g/mol. The van der Waals surface area contributed by atoms with Gasteiger partial charge in [0.2, 0.25) is 0 Å². The van der Waals surface area contributed by atoms with Crippen molar-refractivity contribution in [2.45, 2.75) is 19.1 Å². The van der Waals surface area contributed by atoms with Gasteiger partial charge in [0.15, 0.2) is 0 Å². The molecule has 0 aliphatic heterocycles. The van der Waals surface area contributed by atoms with E-state index in [4.69, 9.17) is 5.73 Å². The first-order valence-corrected chi connectivity index (χ1v) is 5.86. The first-order chi connectivity index (χ1) is 8.99. The Morgan fingerprint density at radius 2 is 2.00 bits per heavy atom. The highest BCUT2D eigenvalue weighted by atomic mass is 19.4. The van der Waals surface area contributed by atoms with Gasteiger partial charge in [-0.2, -0.15) is 18.3 Å². The molecule has 0 aliphatic rings. The zero-order valence-corrected chi connectivity index (χ0v) is 10.2. The number of hydrogen-bond acceptors (Lipinski definition) is 2. The van der Waals surface area contributed by atoms with Crippen molar-refractivity contribution < 1.29 is 13.2 Å². The maximum Gasteiger partial charge on any atom is 0.416 e. The number of aromatic nitrogens is 2. The van der Waals surface area contributed by atoms with Crippen LogP contribution in [-0.4, -0.2) is 16.3 Å². The molecule has 0 fully saturated rings. The molecule has 0 spiro atoms. The monoisotopic (exact) mass is 269 g/mol. The molecule has 1 aromatic carbocycles. The molecule has 0 atom stereocenters. The highest BCUT2D eigenvalue weighted by Gasteiger charge is 2.30. The maximum atomic E-state index is 12.6. The Morgan fingerprint density at radius 1 is 1.21 bits per heavy atom. The molecule has 102 valence electrons. The Bertz CT molecular complexity index is 546. The van der Waals surface area contributed by atoms with Crippen LogP contribution in [0.15, 0.2) is 36.7 Å². The molecule has 0 saturated heterocycles. The largest absolute Gasteiger partial charge is 0.416 e. The number of benzene rings is 1. The van der Waals surface area contributed by atoms with Crippen molar-refractivity contribution in [2.24, 2.45) is 5.73 Å². The Morgan fingerprint density at radius 3 is 2.68 bits per heavy atom. The lowest BCUT2D eigenvalue weighted by Crippen LogP contribution is -2.07. The van der Waals surface area contributed by atoms with E-state index >= 15 is 0 Å². The minimum Gasteiger partial charge on any atom is -0.330 e. The highest BCUT2D eigenvalue weighted by molar-refractivity contribution is 5.26. The molecule has 2 N–H and O–H groups in total. The van der Waals surface area contributed by atoms with Crippen molar-refractivity contribution >= 4 is 0 Å². The van der Waals surface area contributed by atoms with Gasteiger partial charge in [0.25, 0.3) is 0 Å². The quantitative estimate of drug-likeness (QED) is 0.926. The van der Waals surface area contributed by atoms with Gasteiger partial charge < -0.3 is 5.73 Å². The predicted molar refractivity (Wildman–Crippen MR) is 65.5 cm³/mol. The lowest BCUT2D eigenvalue weighted by molar-refractivity contribution is -0.137. The second-order valence-electron chi connectivity index (χ2n) is 4.28. The summed E-state index contributed by atoms with van der Waals surface area (Å²) in [4.78, 5) is 0. The molecule has 2 rings (SSSR count). The van der Waals surface area contributed by atoms with E-state index in [1.54, 1.807) is 23.1 Å². The smallest absolute Gasteiger partial charge is 0.330 e. The fraction of sp³-hybridized carbons (Fsp3) is 0.308. The number of halogens is 3. The number of nitrogens with zero attached hydrogens (tertiary/aromatic N) is 2. The lowest BCUT2D eigenvalue weighted by atomic mass is 10.1. The van der Waals surface area contributed by atoms with Crippen LogP contribution in [0.25, 0.3) is 0 Å². The summed E-state index contributed by atoms with van der Waals surface area (Å²) in [5.41, 5.74) is 6.34. The summed E-state index contributed by atoms with van der Waals surface area (Å²) < 4.78 is 39.3. The van der Waals surface area contributed by atoms with Crippen LogP contribution < -0.4 is 5.73 Å². The fourth-order valence-corrected chi connectivity index (χ4v) is 1.82. The van der Waals surface area contributed by atoms with Crippen LogP contribution in [0, 0.1) is 0 Å². The molecular weight excluding hydrogens is 255 g/mol. The van der Waals surface area contributed by atoms with Crippen molar-refractivity contribution in [1.29, 1.82) is 0 Å². The molecular formula is C13H14F3N3. The molecule has 0 saturated carbocycles. The molecule has 2 aromatic rings. The molecule has 0 radical (unpaired) electrons. The third kappa shape index (κ3) is 3.57. The lowest BCUT2D eigenvalue weighted by Gasteiger charge is -2.08. The third-order valence-corrected chi connectivity index (χ3v) is 2.72. The van der Waals surface area contributed by atoms with Crippen LogP contribution >= 0.6 is 0 Å². The second kappa shape index (κ2) is 5.44. The average Bonchev–Trinajstić information content (AvgIpc) is 2.76. The summed E-state index contributed by atoms with van der Waals surface area (Å²) in [6, 6.07) is 5.26. The zero-order chi connectivity index (χ0) is 13.9. The first-order valence-electron chi connectivity index (χ1n) is 5.86. The molecule has 1 heterocycles. The van der Waals surface area contributed by atoms with E-state index in [1.165, 1.54) is 6.07 Å². The van der Waals surface area contributed by atoms with E-state index in [9.17, 15) is 13.2 Å². The molecule has 3 nitrogen and oxygen atoms in total. The highest BCUT2D eigenvalue weighted by Crippen LogP contribution is 2.29. The summed E-state index contributed by atoms with van der Waals surface area (Å²) in [6.45, 7) is 0.837. The van der Waals surface area contributed by atoms with Crippen LogP contribution in [0.3, 0.4) is 0 Å². The molecule has 0 aliphatic carbocycles. The number of alkyl halides is 3. The van der Waals surface area contributed by atoms with Crippen LogP contribution in [0.5, 0.6) is 0 Å². The standard InChI is InChI=1S/C13H14F3N3/c14-13(15,16)12-3-1-2-10(6-12)8-19-9-11(4-5-17)7-18-19/h1-3,6-7,9H,4-5,8,17H2. The number of hydrogen-bond donors (Lipinski definition) is 1. The van der Waals surface area contributed by atoms with Crippen LogP contribution in [0.1, 0.15) is 16.7 Å². The van der Waals surface area contributed by atoms with E-state index in [-0.39, 0.29) is 0 Å². The maximum absolute atomic E-state index is 12.6. The normalized spacial score (nSPS) is 11.8. The van der Waals surface area contributed by atoms with Gasteiger partial charge >= 0.3 is 6.18 Å². The fourth-order valence-electron chi connectivity index (χ4n) is 1.82. The van der Waals surface area contributed by atoms with Gasteiger partial charge in [-0.25, -0.2) is 0 Å². The summed E-state index contributed by atoms with van der Waals surface area (Å²) >= 11 is 0. The van der Waals surface area contributed by atoms with E-state index < -0.39 is 11.7 Å². The zero-order valence-electron chi connectivity index (χ0n) is 10.2. The molecule has 0 amide bonds. The number of rotatable bonds is 4. The summed E-state index contributed by atoms with van der Waals surface area (Å²) in [7, 11) is 0. The summed E-state index contributed by atoms with van der Waals surface area (Å²) in [5.74, 6) is 0. The van der Waals surface area contributed by atoms with Crippen LogP contribution in [-0.2, 0) is 19.1 Å². The Hall–Kier alpha value is -1.82. The molecule has 6 heteroatoms. The summed E-state index contributed by atoms with van der Waals surface area (Å²) in [6.07, 6.45) is -0.124. The van der Waals surface area contributed by atoms with Crippen LogP contribution in [0.2, 0.25) is 0 Å². The topological polar surface area (TPSA) is 43.8 Å². The van der Waals surface area contributed by atoms with Gasteiger partial charge in [0.1, 0.15) is 0 Å². The Balaban J connectivity index is 2.14. The van der Waals surface area contributed by atoms with Crippen molar-refractivity contribution in [3.63, 3.8) is 0 Å². The first kappa shape index (κ1) is 13.6. The van der Waals surface area contributed by atoms with Gasteiger partial charge in [-0.1, -0.05) is 12.1 Å². The molecule has 19 heavy (non-hydrogen) atoms. The third-order valence-electron chi connectivity index (χ3n) is 2.72. The van der Waals surface area contributed by atoms with Crippen molar-refractivity contribution in [1.82, 2.24) is 9.78 Å². The van der Waals surface area contributed by atoms with Crippen molar-refractivity contribution in [3.05, 3.63) is 53.3 Å². The summed E-state index contributed by atoms with van der Waals surface area (Å²) in [5, 5.41) is 4.10. The van der Waals surface area contributed by atoms with E-state index in [2.05, 4.69) is 5.10 Å². The predicted octanol–water partition coefficient (Wildman–Crippen LogP) is 2.45. The minimum atomic E-state index is -4.31. The van der Waals surface area contributed by atoms with E-state index in [0.29, 0.717) is 25.1 Å². The van der Waals surface area contributed by atoms with Crippen LogP contribution in [0.4, 0.5) is 13.2 Å². The molecule has 0 bridgehead atoms. The number of nitrogens with two attached hydrogens (primary N) is 1. The van der Waals surface area contributed by atoms with Crippen molar-refractivity contribution in [3.8, 4) is 0 Å². The Kier molecular flexibility index (Phi) is 3.90. The molecule has 1 aromatic heterocycles. The second-order valence-corrected chi connectivity index (χ2v) is 4.28. The molecule has 0 unspecified atom stereocenters. The van der Waals surface area contributed by atoms with Gasteiger partial charge in [-0.05, 0) is 36.2 Å². The van der Waals surface area contributed by atoms with Gasteiger partial charge in [-0.15, -0.1) is 0 Å².